The minimum atomic E-state index is -0.145. The molecule has 0 amide bonds. The van der Waals surface area contributed by atoms with Gasteiger partial charge in [0.2, 0.25) is 0 Å². The molecule has 2 rings (SSSR count). The summed E-state index contributed by atoms with van der Waals surface area (Å²) in [6.07, 6.45) is 0.940. The normalized spacial score (nSPS) is 10.6. The Bertz CT molecular complexity index is 554. The highest BCUT2D eigenvalue weighted by atomic mass is 16.5. The van der Waals surface area contributed by atoms with E-state index in [2.05, 4.69) is 17.2 Å². The minimum Gasteiger partial charge on any atom is -0.493 e. The molecule has 0 bridgehead atoms. The van der Waals surface area contributed by atoms with Crippen molar-refractivity contribution in [2.24, 2.45) is 0 Å². The van der Waals surface area contributed by atoms with Crippen molar-refractivity contribution in [1.82, 2.24) is 15.0 Å². The number of aliphatic hydroxyl groups is 1. The lowest BCUT2D eigenvalue weighted by molar-refractivity contribution is 0.255. The Morgan fingerprint density at radius 1 is 1.25 bits per heavy atom. The maximum atomic E-state index is 9.30. The van der Waals surface area contributed by atoms with Crippen molar-refractivity contribution in [3.05, 3.63) is 35.7 Å². The van der Waals surface area contributed by atoms with Gasteiger partial charge in [0, 0.05) is 6.54 Å². The number of hydrogen-bond acceptors (Lipinski definition) is 5. The monoisotopic (exact) mass is 277 g/mol. The van der Waals surface area contributed by atoms with Crippen LogP contribution in [0.3, 0.4) is 0 Å². The molecule has 0 spiro atoms. The van der Waals surface area contributed by atoms with E-state index in [4.69, 9.17) is 9.47 Å². The highest BCUT2D eigenvalue weighted by molar-refractivity contribution is 5.39. The number of aliphatic hydroxyl groups excluding tert-OH is 1. The molecular weight excluding hydrogens is 258 g/mol. The molecule has 20 heavy (non-hydrogen) atoms. The fraction of sp³-hybridized carbons (Fsp3) is 0.429. The predicted molar refractivity (Wildman–Crippen MR) is 73.6 cm³/mol. The summed E-state index contributed by atoms with van der Waals surface area (Å²) >= 11 is 0. The second-order valence-corrected chi connectivity index (χ2v) is 4.30. The zero-order valence-corrected chi connectivity index (χ0v) is 11.7. The van der Waals surface area contributed by atoms with E-state index in [9.17, 15) is 5.11 Å². The second-order valence-electron chi connectivity index (χ2n) is 4.30. The van der Waals surface area contributed by atoms with Crippen molar-refractivity contribution in [3.63, 3.8) is 0 Å². The van der Waals surface area contributed by atoms with E-state index in [1.165, 1.54) is 0 Å². The van der Waals surface area contributed by atoms with Crippen LogP contribution in [0.2, 0.25) is 0 Å². The van der Waals surface area contributed by atoms with Gasteiger partial charge < -0.3 is 14.6 Å². The first kappa shape index (κ1) is 14.3. The predicted octanol–water partition coefficient (Wildman–Crippen LogP) is 1.77. The van der Waals surface area contributed by atoms with E-state index >= 15 is 0 Å². The van der Waals surface area contributed by atoms with E-state index in [0.29, 0.717) is 23.8 Å². The van der Waals surface area contributed by atoms with Crippen molar-refractivity contribution >= 4 is 0 Å². The smallest absolute Gasteiger partial charge is 0.161 e. The summed E-state index contributed by atoms with van der Waals surface area (Å²) < 4.78 is 12.8. The molecule has 0 fully saturated rings. The van der Waals surface area contributed by atoms with Gasteiger partial charge in [0.15, 0.2) is 11.5 Å². The zero-order chi connectivity index (χ0) is 14.4. The molecule has 108 valence electrons. The molecule has 6 heteroatoms. The molecule has 0 unspecified atom stereocenters. The Labute approximate surface area is 117 Å². The molecule has 0 radical (unpaired) electrons. The first-order chi connectivity index (χ1) is 9.80. The Morgan fingerprint density at radius 2 is 2.00 bits per heavy atom. The third kappa shape index (κ3) is 3.08. The first-order valence-corrected chi connectivity index (χ1v) is 6.58. The van der Waals surface area contributed by atoms with Gasteiger partial charge in [-0.2, -0.15) is 0 Å². The van der Waals surface area contributed by atoms with Crippen LogP contribution in [0, 0.1) is 0 Å². The Balaban J connectivity index is 2.15. The van der Waals surface area contributed by atoms with Crippen LogP contribution >= 0.6 is 0 Å². The lowest BCUT2D eigenvalue weighted by Crippen LogP contribution is -2.09. The lowest BCUT2D eigenvalue weighted by atomic mass is 10.3. The second kappa shape index (κ2) is 6.91. The topological polar surface area (TPSA) is 69.4 Å². The van der Waals surface area contributed by atoms with Gasteiger partial charge in [-0.3, -0.25) is 0 Å². The van der Waals surface area contributed by atoms with Gasteiger partial charge in [-0.05, 0) is 18.6 Å². The molecule has 0 saturated heterocycles. The molecule has 1 heterocycles. The number of benzene rings is 1. The van der Waals surface area contributed by atoms with Crippen molar-refractivity contribution in [2.75, 3.05) is 7.11 Å². The van der Waals surface area contributed by atoms with Crippen LogP contribution in [-0.4, -0.2) is 27.2 Å². The van der Waals surface area contributed by atoms with Crippen LogP contribution in [0.15, 0.2) is 24.3 Å². The molecule has 0 atom stereocenters. The Morgan fingerprint density at radius 3 is 2.65 bits per heavy atom. The maximum Gasteiger partial charge on any atom is 0.161 e. The van der Waals surface area contributed by atoms with Crippen LogP contribution in [-0.2, 0) is 19.8 Å². The molecule has 0 aliphatic carbocycles. The Kier molecular flexibility index (Phi) is 4.95. The number of aromatic nitrogens is 3. The molecule has 0 aliphatic heterocycles. The van der Waals surface area contributed by atoms with Gasteiger partial charge >= 0.3 is 0 Å². The first-order valence-electron chi connectivity index (χ1n) is 6.58. The fourth-order valence-electron chi connectivity index (χ4n) is 1.92. The number of nitrogens with zero attached hydrogens (tertiary/aromatic N) is 3. The number of hydrogen-bond donors (Lipinski definition) is 1. The molecule has 0 aliphatic rings. The summed E-state index contributed by atoms with van der Waals surface area (Å²) in [6.45, 7) is 2.96. The third-order valence-electron chi connectivity index (χ3n) is 2.94. The molecule has 0 saturated carbocycles. The highest BCUT2D eigenvalue weighted by Crippen LogP contribution is 2.26. The standard InChI is InChI=1S/C14H19N3O3/c1-3-8-17-12(11(9-18)15-16-17)10-20-14-7-5-4-6-13(14)19-2/h4-7,18H,3,8-10H2,1-2H3. The summed E-state index contributed by atoms with van der Waals surface area (Å²) in [5.74, 6) is 1.33. The zero-order valence-electron chi connectivity index (χ0n) is 11.7. The fourth-order valence-corrected chi connectivity index (χ4v) is 1.92. The van der Waals surface area contributed by atoms with Crippen LogP contribution in [0.1, 0.15) is 24.7 Å². The average molecular weight is 277 g/mol. The molecule has 1 N–H and O–H groups in total. The largest absolute Gasteiger partial charge is 0.493 e. The molecule has 2 aromatic rings. The summed E-state index contributed by atoms with van der Waals surface area (Å²) in [6, 6.07) is 7.44. The van der Waals surface area contributed by atoms with E-state index in [0.717, 1.165) is 18.7 Å². The summed E-state index contributed by atoms with van der Waals surface area (Å²) in [4.78, 5) is 0. The van der Waals surface area contributed by atoms with E-state index < -0.39 is 0 Å². The van der Waals surface area contributed by atoms with Crippen LogP contribution < -0.4 is 9.47 Å². The average Bonchev–Trinajstić information content (AvgIpc) is 2.88. The molecule has 6 nitrogen and oxygen atoms in total. The van der Waals surface area contributed by atoms with Crippen molar-refractivity contribution in [2.45, 2.75) is 33.1 Å². The number of methoxy groups -OCH3 is 1. The number of para-hydroxylation sites is 2. The minimum absolute atomic E-state index is 0.145. The van der Waals surface area contributed by atoms with Crippen LogP contribution in [0.5, 0.6) is 11.5 Å². The van der Waals surface area contributed by atoms with E-state index in [1.54, 1.807) is 11.8 Å². The summed E-state index contributed by atoms with van der Waals surface area (Å²) in [5, 5.41) is 17.3. The maximum absolute atomic E-state index is 9.30. The van der Waals surface area contributed by atoms with Gasteiger partial charge in [-0.1, -0.05) is 24.3 Å². The van der Waals surface area contributed by atoms with Gasteiger partial charge in [0.25, 0.3) is 0 Å². The van der Waals surface area contributed by atoms with Gasteiger partial charge in [0.05, 0.1) is 13.7 Å². The lowest BCUT2D eigenvalue weighted by Gasteiger charge is -2.11. The van der Waals surface area contributed by atoms with Gasteiger partial charge in [-0.15, -0.1) is 5.10 Å². The number of rotatable bonds is 7. The molecule has 1 aromatic heterocycles. The summed E-state index contributed by atoms with van der Waals surface area (Å²) in [7, 11) is 1.60. The SMILES string of the molecule is CCCn1nnc(CO)c1COc1ccccc1OC. The van der Waals surface area contributed by atoms with E-state index in [-0.39, 0.29) is 6.61 Å². The van der Waals surface area contributed by atoms with Gasteiger partial charge in [0.1, 0.15) is 18.0 Å². The quantitative estimate of drug-likeness (QED) is 0.835. The number of ether oxygens (including phenoxy) is 2. The van der Waals surface area contributed by atoms with Crippen LogP contribution in [0.4, 0.5) is 0 Å². The van der Waals surface area contributed by atoms with Gasteiger partial charge in [-0.25, -0.2) is 4.68 Å². The summed E-state index contributed by atoms with van der Waals surface area (Å²) in [5.41, 5.74) is 1.34. The van der Waals surface area contributed by atoms with Crippen molar-refractivity contribution in [1.29, 1.82) is 0 Å². The third-order valence-corrected chi connectivity index (χ3v) is 2.94. The highest BCUT2D eigenvalue weighted by Gasteiger charge is 2.13. The Hall–Kier alpha value is -2.08. The molecule has 1 aromatic carbocycles. The number of aryl methyl sites for hydroxylation is 1. The van der Waals surface area contributed by atoms with Crippen molar-refractivity contribution in [3.8, 4) is 11.5 Å². The molecular formula is C14H19N3O3. The van der Waals surface area contributed by atoms with Crippen molar-refractivity contribution < 1.29 is 14.6 Å². The van der Waals surface area contributed by atoms with Crippen LogP contribution in [0.25, 0.3) is 0 Å². The van der Waals surface area contributed by atoms with E-state index in [1.807, 2.05) is 24.3 Å².